The molecule has 0 aliphatic rings. The van der Waals surface area contributed by atoms with Crippen LogP contribution in [-0.2, 0) is 32.6 Å². The Kier molecular flexibility index (Phi) is 12.4. The highest BCUT2D eigenvalue weighted by molar-refractivity contribution is 7.92. The van der Waals surface area contributed by atoms with Crippen molar-refractivity contribution in [1.29, 1.82) is 0 Å². The van der Waals surface area contributed by atoms with Crippen LogP contribution in [0.15, 0.2) is 95.9 Å². The summed E-state index contributed by atoms with van der Waals surface area (Å²) in [7, 11) is -4.24. The van der Waals surface area contributed by atoms with Gasteiger partial charge < -0.3 is 10.2 Å². The van der Waals surface area contributed by atoms with Gasteiger partial charge >= 0.3 is 0 Å². The third-order valence-electron chi connectivity index (χ3n) is 7.92. The Morgan fingerprint density at radius 2 is 1.51 bits per heavy atom. The second-order valence-corrected chi connectivity index (χ2v) is 14.7. The monoisotopic (exact) mass is 713 g/mol. The maximum absolute atomic E-state index is 14.6. The molecule has 11 heteroatoms. The van der Waals surface area contributed by atoms with E-state index in [2.05, 4.69) is 5.32 Å². The molecule has 0 aliphatic heterocycles. The molecule has 0 saturated carbocycles. The number of amides is 2. The van der Waals surface area contributed by atoms with Gasteiger partial charge in [-0.2, -0.15) is 0 Å². The van der Waals surface area contributed by atoms with Crippen LogP contribution < -0.4 is 9.62 Å². The summed E-state index contributed by atoms with van der Waals surface area (Å²) in [5, 5.41) is 4.09. The molecule has 0 unspecified atom stereocenters. The van der Waals surface area contributed by atoms with E-state index in [-0.39, 0.29) is 29.8 Å². The Morgan fingerprint density at radius 3 is 2.13 bits per heavy atom. The summed E-state index contributed by atoms with van der Waals surface area (Å²) in [6, 6.07) is 24.5. The van der Waals surface area contributed by atoms with Crippen LogP contribution in [0, 0.1) is 13.8 Å². The highest BCUT2D eigenvalue weighted by atomic mass is 35.5. The predicted octanol–water partition coefficient (Wildman–Crippen LogP) is 8.01. The van der Waals surface area contributed by atoms with Crippen molar-refractivity contribution in [1.82, 2.24) is 10.2 Å². The van der Waals surface area contributed by atoms with Crippen molar-refractivity contribution in [2.75, 3.05) is 10.8 Å². The second-order valence-electron chi connectivity index (χ2n) is 11.5. The Morgan fingerprint density at radius 1 is 0.830 bits per heavy atom. The largest absolute Gasteiger partial charge is 0.352 e. The average Bonchev–Trinajstić information content (AvgIpc) is 3.04. The van der Waals surface area contributed by atoms with Crippen molar-refractivity contribution in [3.05, 3.63) is 128 Å². The molecule has 1 N–H and O–H groups in total. The fraction of sp³-hybridized carbons (Fsp3) is 0.278. The number of nitrogens with one attached hydrogen (secondary N) is 1. The van der Waals surface area contributed by atoms with Gasteiger partial charge in [0.1, 0.15) is 12.6 Å². The molecule has 0 aromatic heterocycles. The standard InChI is InChI=1S/C36H38Cl3N3O4S/c1-5-26(4)40-36(44)34(21-27-9-7-6-8-10-27)41(22-28-13-17-31(38)32(39)20-28)35(43)23-42(33-18-14-29(37)19-25(33)3)47(45,46)30-15-11-24(2)12-16-30/h6-20,26,34H,5,21-23H2,1-4H3,(H,40,44)/t26-,34+/m1/s1. The Labute approximate surface area is 292 Å². The molecule has 0 spiro atoms. The summed E-state index contributed by atoms with van der Waals surface area (Å²) in [4.78, 5) is 30.1. The van der Waals surface area contributed by atoms with Crippen LogP contribution in [0.2, 0.25) is 15.1 Å². The molecule has 0 heterocycles. The zero-order valence-corrected chi connectivity index (χ0v) is 29.8. The van der Waals surface area contributed by atoms with Crippen LogP contribution in [0.3, 0.4) is 0 Å². The minimum Gasteiger partial charge on any atom is -0.352 e. The number of aryl methyl sites for hydroxylation is 2. The number of carbonyl (C=O) groups is 2. The molecule has 2 atom stereocenters. The zero-order valence-electron chi connectivity index (χ0n) is 26.7. The summed E-state index contributed by atoms with van der Waals surface area (Å²) in [5.41, 5.74) is 3.20. The number of anilines is 1. The summed E-state index contributed by atoms with van der Waals surface area (Å²) in [5.74, 6) is -0.937. The molecule has 4 rings (SSSR count). The van der Waals surface area contributed by atoms with Crippen LogP contribution >= 0.6 is 34.8 Å². The SMILES string of the molecule is CC[C@@H](C)NC(=O)[C@H](Cc1ccccc1)N(Cc1ccc(Cl)c(Cl)c1)C(=O)CN(c1ccc(Cl)cc1C)S(=O)(=O)c1ccc(C)cc1. The van der Waals surface area contributed by atoms with Gasteiger partial charge in [-0.3, -0.25) is 13.9 Å². The van der Waals surface area contributed by atoms with Crippen molar-refractivity contribution in [3.8, 4) is 0 Å². The lowest BCUT2D eigenvalue weighted by atomic mass is 10.0. The quantitative estimate of drug-likeness (QED) is 0.152. The molecule has 0 aliphatic carbocycles. The van der Waals surface area contributed by atoms with Crippen molar-refractivity contribution >= 4 is 62.3 Å². The lowest BCUT2D eigenvalue weighted by Gasteiger charge is -2.34. The Balaban J connectivity index is 1.85. The molecule has 47 heavy (non-hydrogen) atoms. The third-order valence-corrected chi connectivity index (χ3v) is 10.7. The minimum atomic E-state index is -4.24. The van der Waals surface area contributed by atoms with E-state index in [1.54, 1.807) is 55.5 Å². The molecule has 0 radical (unpaired) electrons. The fourth-order valence-electron chi connectivity index (χ4n) is 5.08. The van der Waals surface area contributed by atoms with Gasteiger partial charge in [-0.1, -0.05) is 95.8 Å². The van der Waals surface area contributed by atoms with Gasteiger partial charge in [-0.15, -0.1) is 0 Å². The van der Waals surface area contributed by atoms with Gasteiger partial charge in [0, 0.05) is 24.0 Å². The van der Waals surface area contributed by atoms with E-state index in [1.807, 2.05) is 51.1 Å². The highest BCUT2D eigenvalue weighted by Crippen LogP contribution is 2.30. The van der Waals surface area contributed by atoms with E-state index in [0.717, 1.165) is 15.4 Å². The molecule has 2 amide bonds. The number of hydrogen-bond acceptors (Lipinski definition) is 4. The topological polar surface area (TPSA) is 86.8 Å². The zero-order chi connectivity index (χ0) is 34.3. The molecule has 7 nitrogen and oxygen atoms in total. The molecule has 0 fully saturated rings. The fourth-order valence-corrected chi connectivity index (χ4v) is 7.11. The lowest BCUT2D eigenvalue weighted by Crippen LogP contribution is -2.54. The van der Waals surface area contributed by atoms with E-state index in [0.29, 0.717) is 38.3 Å². The molecule has 0 saturated heterocycles. The van der Waals surface area contributed by atoms with Gasteiger partial charge in [-0.05, 0) is 86.3 Å². The predicted molar refractivity (Wildman–Crippen MR) is 191 cm³/mol. The number of nitrogens with zero attached hydrogens (tertiary/aromatic N) is 2. The van der Waals surface area contributed by atoms with Crippen LogP contribution in [0.4, 0.5) is 5.69 Å². The average molecular weight is 715 g/mol. The van der Waals surface area contributed by atoms with E-state index < -0.39 is 28.5 Å². The van der Waals surface area contributed by atoms with Crippen LogP contribution in [-0.4, -0.2) is 43.8 Å². The molecular weight excluding hydrogens is 677 g/mol. The summed E-state index contributed by atoms with van der Waals surface area (Å²) >= 11 is 18.8. The van der Waals surface area contributed by atoms with E-state index >= 15 is 0 Å². The van der Waals surface area contributed by atoms with E-state index in [4.69, 9.17) is 34.8 Å². The number of carbonyl (C=O) groups excluding carboxylic acids is 2. The van der Waals surface area contributed by atoms with Crippen molar-refractivity contribution < 1.29 is 18.0 Å². The first-order valence-corrected chi connectivity index (χ1v) is 17.8. The van der Waals surface area contributed by atoms with E-state index in [1.165, 1.54) is 17.0 Å². The first-order chi connectivity index (χ1) is 22.3. The Bertz CT molecular complexity index is 1820. The maximum Gasteiger partial charge on any atom is 0.264 e. The number of rotatable bonds is 13. The normalized spacial score (nSPS) is 12.7. The van der Waals surface area contributed by atoms with Gasteiger partial charge in [0.2, 0.25) is 11.8 Å². The van der Waals surface area contributed by atoms with Gasteiger partial charge in [0.05, 0.1) is 20.6 Å². The lowest BCUT2D eigenvalue weighted by molar-refractivity contribution is -0.140. The molecular formula is C36H38Cl3N3O4S. The van der Waals surface area contributed by atoms with Gasteiger partial charge in [0.15, 0.2) is 0 Å². The van der Waals surface area contributed by atoms with Crippen LogP contribution in [0.5, 0.6) is 0 Å². The first kappa shape index (κ1) is 36.3. The van der Waals surface area contributed by atoms with Crippen molar-refractivity contribution in [2.45, 2.75) is 64.1 Å². The second kappa shape index (κ2) is 16.0. The molecule has 0 bridgehead atoms. The summed E-state index contributed by atoms with van der Waals surface area (Å²) in [6.07, 6.45) is 0.879. The van der Waals surface area contributed by atoms with Crippen molar-refractivity contribution in [3.63, 3.8) is 0 Å². The smallest absolute Gasteiger partial charge is 0.264 e. The Hall–Kier alpha value is -3.56. The van der Waals surface area contributed by atoms with Crippen LogP contribution in [0.1, 0.15) is 42.5 Å². The van der Waals surface area contributed by atoms with E-state index in [9.17, 15) is 18.0 Å². The van der Waals surface area contributed by atoms with Crippen LogP contribution in [0.25, 0.3) is 0 Å². The van der Waals surface area contributed by atoms with Gasteiger partial charge in [-0.25, -0.2) is 8.42 Å². The number of halogens is 3. The first-order valence-electron chi connectivity index (χ1n) is 15.2. The molecule has 248 valence electrons. The third kappa shape index (κ3) is 9.29. The summed E-state index contributed by atoms with van der Waals surface area (Å²) < 4.78 is 29.6. The number of hydrogen-bond donors (Lipinski definition) is 1. The molecule has 4 aromatic carbocycles. The number of benzene rings is 4. The molecule has 4 aromatic rings. The maximum atomic E-state index is 14.6. The highest BCUT2D eigenvalue weighted by Gasteiger charge is 2.35. The van der Waals surface area contributed by atoms with Gasteiger partial charge in [0.25, 0.3) is 10.0 Å². The number of sulfonamides is 1. The van der Waals surface area contributed by atoms with Crippen molar-refractivity contribution in [2.24, 2.45) is 0 Å². The summed E-state index contributed by atoms with van der Waals surface area (Å²) in [6.45, 7) is 6.83. The minimum absolute atomic E-state index is 0.0247.